The molecule has 1 spiro atoms. The van der Waals surface area contributed by atoms with Crippen LogP contribution in [0.15, 0.2) is 24.3 Å². The molecule has 0 aromatic heterocycles. The number of benzene rings is 1. The van der Waals surface area contributed by atoms with Gasteiger partial charge in [-0.15, -0.1) is 0 Å². The van der Waals surface area contributed by atoms with Crippen molar-refractivity contribution >= 4 is 11.9 Å². The molecule has 1 unspecified atom stereocenters. The van der Waals surface area contributed by atoms with Crippen molar-refractivity contribution in [3.63, 3.8) is 0 Å². The average molecular weight is 303 g/mol. The van der Waals surface area contributed by atoms with Gasteiger partial charge < -0.3 is 15.2 Å². The van der Waals surface area contributed by atoms with Gasteiger partial charge in [0.05, 0.1) is 6.61 Å². The second kappa shape index (κ2) is 5.63. The molecule has 3 rings (SSSR count). The summed E-state index contributed by atoms with van der Waals surface area (Å²) >= 11 is 0. The van der Waals surface area contributed by atoms with E-state index in [-0.39, 0.29) is 29.6 Å². The summed E-state index contributed by atoms with van der Waals surface area (Å²) in [5.41, 5.74) is 1.06. The lowest BCUT2D eigenvalue weighted by Gasteiger charge is -2.26. The van der Waals surface area contributed by atoms with Crippen molar-refractivity contribution in [2.45, 2.75) is 31.6 Å². The van der Waals surface area contributed by atoms with Crippen molar-refractivity contribution < 1.29 is 19.4 Å². The minimum Gasteiger partial charge on any atom is -0.493 e. The Labute approximate surface area is 129 Å². The molecule has 1 aliphatic heterocycles. The van der Waals surface area contributed by atoms with E-state index in [1.54, 1.807) is 0 Å². The predicted molar refractivity (Wildman–Crippen MR) is 80.8 cm³/mol. The molecule has 0 radical (unpaired) electrons. The Balaban J connectivity index is 1.62. The Hall–Kier alpha value is -2.04. The highest BCUT2D eigenvalue weighted by atomic mass is 16.5. The Morgan fingerprint density at radius 3 is 3.00 bits per heavy atom. The van der Waals surface area contributed by atoms with Crippen LogP contribution in [0.25, 0.3) is 0 Å². The first kappa shape index (κ1) is 14.9. The normalized spacial score (nSPS) is 26.7. The topological polar surface area (TPSA) is 75.6 Å². The van der Waals surface area contributed by atoms with Gasteiger partial charge in [-0.25, -0.2) is 0 Å². The van der Waals surface area contributed by atoms with Crippen LogP contribution in [0, 0.1) is 11.8 Å². The lowest BCUT2D eigenvalue weighted by molar-refractivity contribution is -0.138. The first-order chi connectivity index (χ1) is 10.5. The number of hydrogen-bond donors (Lipinski definition) is 2. The number of ether oxygens (including phenoxy) is 1. The van der Waals surface area contributed by atoms with E-state index in [9.17, 15) is 9.59 Å². The molecular formula is C17H21NO4. The highest BCUT2D eigenvalue weighted by molar-refractivity contribution is 5.85. The molecule has 22 heavy (non-hydrogen) atoms. The molecule has 5 nitrogen and oxygen atoms in total. The van der Waals surface area contributed by atoms with Gasteiger partial charge in [-0.1, -0.05) is 25.1 Å². The van der Waals surface area contributed by atoms with E-state index >= 15 is 0 Å². The molecule has 1 heterocycles. The van der Waals surface area contributed by atoms with Gasteiger partial charge in [-0.05, 0) is 24.8 Å². The number of rotatable bonds is 5. The van der Waals surface area contributed by atoms with Crippen LogP contribution in [0.5, 0.6) is 5.75 Å². The van der Waals surface area contributed by atoms with Gasteiger partial charge in [0.25, 0.3) is 0 Å². The third kappa shape index (κ3) is 2.67. The van der Waals surface area contributed by atoms with Crippen molar-refractivity contribution in [2.75, 3.05) is 13.2 Å². The molecule has 1 saturated carbocycles. The van der Waals surface area contributed by atoms with E-state index in [0.717, 1.165) is 24.2 Å². The Kier molecular flexibility index (Phi) is 3.81. The van der Waals surface area contributed by atoms with E-state index < -0.39 is 5.97 Å². The summed E-state index contributed by atoms with van der Waals surface area (Å²) in [5.74, 6) is 0.0212. The number of para-hydroxylation sites is 1. The molecular weight excluding hydrogens is 282 g/mol. The first-order valence-electron chi connectivity index (χ1n) is 7.75. The Morgan fingerprint density at radius 1 is 1.45 bits per heavy atom. The molecule has 3 atom stereocenters. The molecule has 1 fully saturated rings. The summed E-state index contributed by atoms with van der Waals surface area (Å²) in [4.78, 5) is 23.0. The largest absolute Gasteiger partial charge is 0.493 e. The van der Waals surface area contributed by atoms with Crippen LogP contribution in [0.1, 0.15) is 31.7 Å². The molecule has 1 amide bonds. The predicted octanol–water partition coefficient (Wildman–Crippen LogP) is 1.95. The van der Waals surface area contributed by atoms with Gasteiger partial charge in [0.1, 0.15) is 5.75 Å². The number of hydrogen-bond acceptors (Lipinski definition) is 3. The third-order valence-electron chi connectivity index (χ3n) is 4.77. The SMILES string of the molecule is CC(CNC(=O)[C@@H]1C[C@]12CCOc1ccccc12)CC(=O)O. The number of carboxylic acid groups (broad SMARTS) is 1. The van der Waals surface area contributed by atoms with Gasteiger partial charge in [-0.3, -0.25) is 9.59 Å². The minimum atomic E-state index is -0.831. The monoisotopic (exact) mass is 303 g/mol. The average Bonchev–Trinajstić information content (AvgIpc) is 3.20. The number of nitrogens with one attached hydrogen (secondary N) is 1. The Morgan fingerprint density at radius 2 is 2.23 bits per heavy atom. The summed E-state index contributed by atoms with van der Waals surface area (Å²) in [7, 11) is 0. The number of fused-ring (bicyclic) bond motifs is 2. The zero-order valence-electron chi connectivity index (χ0n) is 12.7. The molecule has 2 N–H and O–H groups in total. The van der Waals surface area contributed by atoms with E-state index in [0.29, 0.717) is 13.2 Å². The van der Waals surface area contributed by atoms with E-state index in [1.165, 1.54) is 0 Å². The molecule has 5 heteroatoms. The van der Waals surface area contributed by atoms with Crippen molar-refractivity contribution in [1.82, 2.24) is 5.32 Å². The van der Waals surface area contributed by atoms with Crippen LogP contribution in [-0.2, 0) is 15.0 Å². The molecule has 1 aliphatic carbocycles. The Bertz CT molecular complexity index is 600. The summed E-state index contributed by atoms with van der Waals surface area (Å²) < 4.78 is 5.67. The van der Waals surface area contributed by atoms with Crippen LogP contribution in [0.3, 0.4) is 0 Å². The van der Waals surface area contributed by atoms with Crippen molar-refractivity contribution in [3.05, 3.63) is 29.8 Å². The second-order valence-electron chi connectivity index (χ2n) is 6.46. The molecule has 0 saturated heterocycles. The van der Waals surface area contributed by atoms with Crippen LogP contribution >= 0.6 is 0 Å². The van der Waals surface area contributed by atoms with Gasteiger partial charge in [0, 0.05) is 29.9 Å². The fourth-order valence-electron chi connectivity index (χ4n) is 3.47. The van der Waals surface area contributed by atoms with Crippen LogP contribution < -0.4 is 10.1 Å². The maximum atomic E-state index is 12.4. The quantitative estimate of drug-likeness (QED) is 0.872. The van der Waals surface area contributed by atoms with Gasteiger partial charge >= 0.3 is 5.97 Å². The van der Waals surface area contributed by atoms with E-state index in [2.05, 4.69) is 11.4 Å². The third-order valence-corrected chi connectivity index (χ3v) is 4.77. The lowest BCUT2D eigenvalue weighted by atomic mass is 9.87. The maximum absolute atomic E-state index is 12.4. The highest BCUT2D eigenvalue weighted by Crippen LogP contribution is 2.60. The van der Waals surface area contributed by atoms with Crippen molar-refractivity contribution in [3.8, 4) is 5.75 Å². The second-order valence-corrected chi connectivity index (χ2v) is 6.46. The smallest absolute Gasteiger partial charge is 0.303 e. The van der Waals surface area contributed by atoms with Crippen molar-refractivity contribution in [1.29, 1.82) is 0 Å². The fourth-order valence-corrected chi connectivity index (χ4v) is 3.47. The number of aliphatic carboxylic acids is 1. The van der Waals surface area contributed by atoms with Crippen LogP contribution in [0.4, 0.5) is 0 Å². The molecule has 1 aromatic carbocycles. The lowest BCUT2D eigenvalue weighted by Crippen LogP contribution is -2.34. The number of carboxylic acids is 1. The van der Waals surface area contributed by atoms with Crippen molar-refractivity contribution in [2.24, 2.45) is 11.8 Å². The highest BCUT2D eigenvalue weighted by Gasteiger charge is 2.60. The summed E-state index contributed by atoms with van der Waals surface area (Å²) in [6.07, 6.45) is 1.80. The molecule has 1 aromatic rings. The van der Waals surface area contributed by atoms with Gasteiger partial charge in [-0.2, -0.15) is 0 Å². The number of amides is 1. The molecule has 2 aliphatic rings. The summed E-state index contributed by atoms with van der Waals surface area (Å²) in [5, 5.41) is 11.7. The van der Waals surface area contributed by atoms with E-state index in [4.69, 9.17) is 9.84 Å². The summed E-state index contributed by atoms with van der Waals surface area (Å²) in [6, 6.07) is 7.94. The van der Waals surface area contributed by atoms with Gasteiger partial charge in [0.2, 0.25) is 5.91 Å². The van der Waals surface area contributed by atoms with Crippen LogP contribution in [-0.4, -0.2) is 30.1 Å². The molecule has 0 bridgehead atoms. The van der Waals surface area contributed by atoms with Gasteiger partial charge in [0.15, 0.2) is 0 Å². The molecule has 118 valence electrons. The standard InChI is InChI=1S/C17H21NO4/c1-11(8-15(19)20)10-18-16(21)13-9-17(13)6-7-22-14-5-3-2-4-12(14)17/h2-5,11,13H,6-10H2,1H3,(H,18,21)(H,19,20)/t11?,13-,17-/m0/s1. The summed E-state index contributed by atoms with van der Waals surface area (Å²) in [6.45, 7) is 2.90. The fraction of sp³-hybridized carbons (Fsp3) is 0.529. The first-order valence-corrected chi connectivity index (χ1v) is 7.75. The number of carbonyl (C=O) groups is 2. The van der Waals surface area contributed by atoms with E-state index in [1.807, 2.05) is 25.1 Å². The zero-order chi connectivity index (χ0) is 15.7. The maximum Gasteiger partial charge on any atom is 0.303 e. The zero-order valence-corrected chi connectivity index (χ0v) is 12.7. The minimum absolute atomic E-state index is 0.0189. The van der Waals surface area contributed by atoms with Crippen LogP contribution in [0.2, 0.25) is 0 Å². The number of carbonyl (C=O) groups excluding carboxylic acids is 1.